The van der Waals surface area contributed by atoms with Crippen LogP contribution < -0.4 is 10.2 Å². The second-order valence-corrected chi connectivity index (χ2v) is 6.81. The van der Waals surface area contributed by atoms with Crippen LogP contribution in [0.15, 0.2) is 24.3 Å². The third kappa shape index (κ3) is 2.36. The molecule has 1 atom stereocenters. The van der Waals surface area contributed by atoms with Crippen LogP contribution >= 0.6 is 0 Å². The van der Waals surface area contributed by atoms with Crippen molar-refractivity contribution < 1.29 is 4.79 Å². The minimum atomic E-state index is 0.267. The molecule has 4 heteroatoms. The number of hydrogen-bond donors (Lipinski definition) is 1. The van der Waals surface area contributed by atoms with Gasteiger partial charge in [0.2, 0.25) is 5.91 Å². The van der Waals surface area contributed by atoms with Crippen molar-refractivity contribution in [2.75, 3.05) is 44.2 Å². The van der Waals surface area contributed by atoms with Crippen molar-refractivity contribution in [1.82, 2.24) is 10.2 Å². The van der Waals surface area contributed by atoms with Gasteiger partial charge in [0.05, 0.1) is 6.54 Å². The number of likely N-dealkylation sites (tertiary alicyclic amines) is 1. The Balaban J connectivity index is 1.41. The molecule has 3 heterocycles. The number of nitrogens with zero attached hydrogens (tertiary/aromatic N) is 2. The first-order valence-electron chi connectivity index (χ1n) is 8.07. The van der Waals surface area contributed by atoms with Gasteiger partial charge < -0.3 is 10.2 Å². The number of fused-ring (bicyclic) bond motifs is 1. The summed E-state index contributed by atoms with van der Waals surface area (Å²) in [6.45, 7) is 5.85. The van der Waals surface area contributed by atoms with Crippen LogP contribution in [0.5, 0.6) is 0 Å². The molecule has 1 aromatic rings. The Labute approximate surface area is 126 Å². The first-order valence-corrected chi connectivity index (χ1v) is 8.07. The van der Waals surface area contributed by atoms with Crippen molar-refractivity contribution in [1.29, 1.82) is 0 Å². The number of anilines is 1. The molecule has 1 spiro atoms. The molecule has 21 heavy (non-hydrogen) atoms. The summed E-state index contributed by atoms with van der Waals surface area (Å²) in [5.41, 5.74) is 2.88. The van der Waals surface area contributed by atoms with E-state index < -0.39 is 0 Å². The van der Waals surface area contributed by atoms with Gasteiger partial charge in [0.25, 0.3) is 0 Å². The molecule has 1 N–H and O–H groups in total. The van der Waals surface area contributed by atoms with Gasteiger partial charge in [-0.15, -0.1) is 0 Å². The van der Waals surface area contributed by atoms with Gasteiger partial charge in [-0.3, -0.25) is 9.69 Å². The second kappa shape index (κ2) is 5.11. The Morgan fingerprint density at radius 2 is 2.14 bits per heavy atom. The fourth-order valence-corrected chi connectivity index (χ4v) is 4.18. The molecule has 0 radical (unpaired) electrons. The standard InChI is InChI=1S/C17H23N3O/c21-16(20-9-5-14-3-1-2-4-15(14)20)11-19-10-7-17(13-19)6-8-18-12-17/h1-4,18H,5-13H2. The zero-order valence-electron chi connectivity index (χ0n) is 12.5. The summed E-state index contributed by atoms with van der Waals surface area (Å²) in [6, 6.07) is 8.30. The molecule has 0 bridgehead atoms. The van der Waals surface area contributed by atoms with Gasteiger partial charge in [0.15, 0.2) is 0 Å². The predicted octanol–water partition coefficient (Wildman–Crippen LogP) is 1.26. The van der Waals surface area contributed by atoms with Gasteiger partial charge >= 0.3 is 0 Å². The molecule has 0 aliphatic carbocycles. The summed E-state index contributed by atoms with van der Waals surface area (Å²) in [7, 11) is 0. The minimum Gasteiger partial charge on any atom is -0.316 e. The molecular weight excluding hydrogens is 262 g/mol. The zero-order valence-corrected chi connectivity index (χ0v) is 12.5. The number of hydrogen-bond acceptors (Lipinski definition) is 3. The van der Waals surface area contributed by atoms with E-state index in [1.54, 1.807) is 0 Å². The van der Waals surface area contributed by atoms with Gasteiger partial charge in [-0.05, 0) is 49.4 Å². The van der Waals surface area contributed by atoms with Gasteiger partial charge in [-0.25, -0.2) is 0 Å². The number of para-hydroxylation sites is 1. The van der Waals surface area contributed by atoms with Crippen LogP contribution in [0.3, 0.4) is 0 Å². The van der Waals surface area contributed by atoms with Crippen LogP contribution in [0.2, 0.25) is 0 Å². The predicted molar refractivity (Wildman–Crippen MR) is 83.5 cm³/mol. The molecule has 4 nitrogen and oxygen atoms in total. The Morgan fingerprint density at radius 3 is 3.00 bits per heavy atom. The van der Waals surface area contributed by atoms with Crippen molar-refractivity contribution in [3.05, 3.63) is 29.8 Å². The SMILES string of the molecule is O=C(CN1CCC2(CCNC2)C1)N1CCc2ccccc21. The topological polar surface area (TPSA) is 35.6 Å². The van der Waals surface area contributed by atoms with Crippen LogP contribution in [-0.2, 0) is 11.2 Å². The van der Waals surface area contributed by atoms with Crippen molar-refractivity contribution in [3.8, 4) is 0 Å². The molecule has 1 aromatic carbocycles. The van der Waals surface area contributed by atoms with Crippen LogP contribution in [-0.4, -0.2) is 50.1 Å². The highest BCUT2D eigenvalue weighted by atomic mass is 16.2. The largest absolute Gasteiger partial charge is 0.316 e. The van der Waals surface area contributed by atoms with E-state index in [-0.39, 0.29) is 5.91 Å². The first kappa shape index (κ1) is 13.3. The molecule has 1 unspecified atom stereocenters. The summed E-state index contributed by atoms with van der Waals surface area (Å²) in [4.78, 5) is 17.0. The maximum atomic E-state index is 12.6. The lowest BCUT2D eigenvalue weighted by Crippen LogP contribution is -2.40. The highest BCUT2D eigenvalue weighted by molar-refractivity contribution is 5.96. The Kier molecular flexibility index (Phi) is 3.23. The maximum absolute atomic E-state index is 12.6. The van der Waals surface area contributed by atoms with Crippen LogP contribution in [0.25, 0.3) is 0 Å². The summed E-state index contributed by atoms with van der Waals surface area (Å²) in [5.74, 6) is 0.267. The number of rotatable bonds is 2. The average Bonchev–Trinajstić information content (AvgIpc) is 3.21. The summed E-state index contributed by atoms with van der Waals surface area (Å²) in [5, 5.41) is 3.47. The van der Waals surface area contributed by atoms with E-state index in [0.29, 0.717) is 12.0 Å². The average molecular weight is 285 g/mol. The smallest absolute Gasteiger partial charge is 0.241 e. The molecular formula is C17H23N3O. The lowest BCUT2D eigenvalue weighted by molar-refractivity contribution is -0.119. The molecule has 4 rings (SSSR count). The number of carbonyl (C=O) groups is 1. The van der Waals surface area contributed by atoms with E-state index in [1.807, 2.05) is 11.0 Å². The van der Waals surface area contributed by atoms with Crippen molar-refractivity contribution in [3.63, 3.8) is 0 Å². The van der Waals surface area contributed by atoms with Crippen LogP contribution in [0.1, 0.15) is 18.4 Å². The molecule has 3 aliphatic rings. The Hall–Kier alpha value is -1.39. The maximum Gasteiger partial charge on any atom is 0.241 e. The molecule has 3 aliphatic heterocycles. The fourth-order valence-electron chi connectivity index (χ4n) is 4.18. The second-order valence-electron chi connectivity index (χ2n) is 6.81. The number of nitrogens with one attached hydrogen (secondary N) is 1. The van der Waals surface area contributed by atoms with Crippen LogP contribution in [0, 0.1) is 5.41 Å². The fraction of sp³-hybridized carbons (Fsp3) is 0.588. The summed E-state index contributed by atoms with van der Waals surface area (Å²) >= 11 is 0. The number of amides is 1. The van der Waals surface area contributed by atoms with E-state index in [1.165, 1.54) is 18.4 Å². The first-order chi connectivity index (χ1) is 10.3. The number of benzene rings is 1. The monoisotopic (exact) mass is 285 g/mol. The highest BCUT2D eigenvalue weighted by Gasteiger charge is 2.41. The van der Waals surface area contributed by atoms with E-state index in [2.05, 4.69) is 28.4 Å². The third-order valence-electron chi connectivity index (χ3n) is 5.40. The third-order valence-corrected chi connectivity index (χ3v) is 5.40. The van der Waals surface area contributed by atoms with E-state index in [9.17, 15) is 4.79 Å². The molecule has 1 amide bonds. The van der Waals surface area contributed by atoms with Gasteiger partial charge in [-0.1, -0.05) is 18.2 Å². The zero-order chi connectivity index (χ0) is 14.3. The van der Waals surface area contributed by atoms with Crippen molar-refractivity contribution in [2.45, 2.75) is 19.3 Å². The Bertz CT molecular complexity index is 551. The van der Waals surface area contributed by atoms with Gasteiger partial charge in [0.1, 0.15) is 0 Å². The normalized spacial score (nSPS) is 28.5. The Morgan fingerprint density at radius 1 is 1.24 bits per heavy atom. The lowest BCUT2D eigenvalue weighted by atomic mass is 9.87. The summed E-state index contributed by atoms with van der Waals surface area (Å²) in [6.07, 6.45) is 3.50. The van der Waals surface area contributed by atoms with E-state index >= 15 is 0 Å². The molecule has 2 saturated heterocycles. The highest BCUT2D eigenvalue weighted by Crippen LogP contribution is 2.36. The number of carbonyl (C=O) groups excluding carboxylic acids is 1. The van der Waals surface area contributed by atoms with Gasteiger partial charge in [0, 0.05) is 25.3 Å². The van der Waals surface area contributed by atoms with Gasteiger partial charge in [-0.2, -0.15) is 0 Å². The lowest BCUT2D eigenvalue weighted by Gasteiger charge is -2.24. The summed E-state index contributed by atoms with van der Waals surface area (Å²) < 4.78 is 0. The quantitative estimate of drug-likeness (QED) is 0.888. The van der Waals surface area contributed by atoms with E-state index in [4.69, 9.17) is 0 Å². The van der Waals surface area contributed by atoms with Crippen molar-refractivity contribution >= 4 is 11.6 Å². The van der Waals surface area contributed by atoms with Crippen LogP contribution in [0.4, 0.5) is 5.69 Å². The molecule has 0 saturated carbocycles. The minimum absolute atomic E-state index is 0.267. The van der Waals surface area contributed by atoms with E-state index in [0.717, 1.165) is 44.8 Å². The molecule has 2 fully saturated rings. The molecule has 112 valence electrons. The molecule has 0 aromatic heterocycles. The van der Waals surface area contributed by atoms with Crippen molar-refractivity contribution in [2.24, 2.45) is 5.41 Å².